The van der Waals surface area contributed by atoms with Gasteiger partial charge in [0.25, 0.3) is 5.91 Å². The third-order valence-corrected chi connectivity index (χ3v) is 4.84. The van der Waals surface area contributed by atoms with Crippen LogP contribution in [0.25, 0.3) is 0 Å². The molecule has 6 nitrogen and oxygen atoms in total. The zero-order chi connectivity index (χ0) is 20.6. The molecular weight excluding hydrogens is 370 g/mol. The molecule has 0 bridgehead atoms. The number of fused-ring (bicyclic) bond motifs is 1. The second-order valence-electron chi connectivity index (χ2n) is 6.83. The smallest absolute Gasteiger partial charge is 0.254 e. The highest BCUT2D eigenvalue weighted by molar-refractivity contribution is 5.95. The van der Waals surface area contributed by atoms with E-state index in [0.717, 1.165) is 29.9 Å². The Morgan fingerprint density at radius 2 is 1.93 bits per heavy atom. The summed E-state index contributed by atoms with van der Waals surface area (Å²) in [6, 6.07) is 11.1. The second-order valence-corrected chi connectivity index (χ2v) is 6.83. The molecule has 6 heteroatoms. The molecule has 29 heavy (non-hydrogen) atoms. The van der Waals surface area contributed by atoms with Gasteiger partial charge in [-0.2, -0.15) is 0 Å². The molecule has 0 aromatic heterocycles. The standard InChI is InChI=1S/C23H29NO5/c1-4-6-12-27-19-11-10-17(15-21(19)26-3)23(25)24(5-2)16-18-8-7-9-20-22(18)29-14-13-28-20/h7-11,15H,4-6,12-14,16H2,1-3H3. The van der Waals surface area contributed by atoms with Gasteiger partial charge in [-0.05, 0) is 37.6 Å². The first kappa shape index (κ1) is 20.8. The number of carbonyl (C=O) groups is 1. The number of para-hydroxylation sites is 1. The number of hydrogen-bond acceptors (Lipinski definition) is 5. The van der Waals surface area contributed by atoms with Gasteiger partial charge in [0.05, 0.1) is 13.7 Å². The number of amides is 1. The molecule has 0 aliphatic carbocycles. The lowest BCUT2D eigenvalue weighted by Gasteiger charge is -2.25. The van der Waals surface area contributed by atoms with Crippen molar-refractivity contribution in [2.75, 3.05) is 33.5 Å². The van der Waals surface area contributed by atoms with E-state index in [1.54, 1.807) is 30.2 Å². The van der Waals surface area contributed by atoms with Crippen LogP contribution in [0.3, 0.4) is 0 Å². The number of hydrogen-bond donors (Lipinski definition) is 0. The first-order valence-electron chi connectivity index (χ1n) is 10.2. The minimum absolute atomic E-state index is 0.0692. The first-order valence-corrected chi connectivity index (χ1v) is 10.2. The van der Waals surface area contributed by atoms with Crippen molar-refractivity contribution in [3.8, 4) is 23.0 Å². The van der Waals surface area contributed by atoms with Crippen molar-refractivity contribution in [2.24, 2.45) is 0 Å². The summed E-state index contributed by atoms with van der Waals surface area (Å²) in [6.07, 6.45) is 2.03. The number of unbranched alkanes of at least 4 members (excludes halogenated alkanes) is 1. The van der Waals surface area contributed by atoms with Crippen molar-refractivity contribution < 1.29 is 23.7 Å². The van der Waals surface area contributed by atoms with Crippen LogP contribution in [0, 0.1) is 0 Å². The SMILES string of the molecule is CCCCOc1ccc(C(=O)N(CC)Cc2cccc3c2OCCO3)cc1OC. The van der Waals surface area contributed by atoms with Crippen LogP contribution >= 0.6 is 0 Å². The maximum absolute atomic E-state index is 13.1. The molecule has 1 aliphatic heterocycles. The Hall–Kier alpha value is -2.89. The first-order chi connectivity index (χ1) is 14.2. The summed E-state index contributed by atoms with van der Waals surface area (Å²) in [5.74, 6) is 2.61. The monoisotopic (exact) mass is 399 g/mol. The van der Waals surface area contributed by atoms with E-state index in [-0.39, 0.29) is 5.91 Å². The summed E-state index contributed by atoms with van der Waals surface area (Å²) in [7, 11) is 1.58. The molecule has 0 N–H and O–H groups in total. The van der Waals surface area contributed by atoms with E-state index in [0.29, 0.717) is 50.0 Å². The largest absolute Gasteiger partial charge is 0.493 e. The van der Waals surface area contributed by atoms with Crippen LogP contribution in [-0.4, -0.2) is 44.3 Å². The Labute approximate surface area is 172 Å². The van der Waals surface area contributed by atoms with Crippen LogP contribution in [0.2, 0.25) is 0 Å². The van der Waals surface area contributed by atoms with E-state index in [2.05, 4.69) is 6.92 Å². The molecule has 1 aliphatic rings. The maximum Gasteiger partial charge on any atom is 0.254 e. The number of carbonyl (C=O) groups excluding carboxylic acids is 1. The third-order valence-electron chi connectivity index (χ3n) is 4.84. The van der Waals surface area contributed by atoms with E-state index in [9.17, 15) is 4.79 Å². The number of ether oxygens (including phenoxy) is 4. The lowest BCUT2D eigenvalue weighted by molar-refractivity contribution is 0.0748. The minimum atomic E-state index is -0.0692. The van der Waals surface area contributed by atoms with E-state index >= 15 is 0 Å². The zero-order valence-corrected chi connectivity index (χ0v) is 17.4. The van der Waals surface area contributed by atoms with Gasteiger partial charge < -0.3 is 23.8 Å². The van der Waals surface area contributed by atoms with Crippen molar-refractivity contribution in [3.63, 3.8) is 0 Å². The summed E-state index contributed by atoms with van der Waals surface area (Å²) in [5.41, 5.74) is 1.50. The summed E-state index contributed by atoms with van der Waals surface area (Å²) < 4.78 is 22.6. The summed E-state index contributed by atoms with van der Waals surface area (Å²) in [4.78, 5) is 14.9. The highest BCUT2D eigenvalue weighted by Gasteiger charge is 2.21. The Balaban J connectivity index is 1.77. The number of benzene rings is 2. The Kier molecular flexibility index (Phi) is 7.22. The highest BCUT2D eigenvalue weighted by Crippen LogP contribution is 2.35. The zero-order valence-electron chi connectivity index (χ0n) is 17.4. The van der Waals surface area contributed by atoms with Gasteiger partial charge in [-0.1, -0.05) is 25.5 Å². The summed E-state index contributed by atoms with van der Waals surface area (Å²) in [6.45, 7) is 6.77. The average molecular weight is 399 g/mol. The molecule has 0 fully saturated rings. The molecule has 0 spiro atoms. The fourth-order valence-electron chi connectivity index (χ4n) is 3.22. The fourth-order valence-corrected chi connectivity index (χ4v) is 3.22. The van der Waals surface area contributed by atoms with Gasteiger partial charge >= 0.3 is 0 Å². The van der Waals surface area contributed by atoms with Crippen LogP contribution in [0.4, 0.5) is 0 Å². The predicted octanol–water partition coefficient (Wildman–Crippen LogP) is 4.31. The number of methoxy groups -OCH3 is 1. The fraction of sp³-hybridized carbons (Fsp3) is 0.435. The van der Waals surface area contributed by atoms with E-state index in [4.69, 9.17) is 18.9 Å². The predicted molar refractivity (Wildman–Crippen MR) is 111 cm³/mol. The van der Waals surface area contributed by atoms with E-state index in [1.807, 2.05) is 25.1 Å². The van der Waals surface area contributed by atoms with Gasteiger partial charge in [-0.25, -0.2) is 0 Å². The Morgan fingerprint density at radius 3 is 2.69 bits per heavy atom. The average Bonchev–Trinajstić information content (AvgIpc) is 2.77. The van der Waals surface area contributed by atoms with Crippen LogP contribution in [0.15, 0.2) is 36.4 Å². The maximum atomic E-state index is 13.1. The Bertz CT molecular complexity index is 836. The molecule has 3 rings (SSSR count). The van der Waals surface area contributed by atoms with Gasteiger partial charge in [0.1, 0.15) is 13.2 Å². The molecular formula is C23H29NO5. The van der Waals surface area contributed by atoms with Gasteiger partial charge in [0, 0.05) is 24.2 Å². The highest BCUT2D eigenvalue weighted by atomic mass is 16.6. The van der Waals surface area contributed by atoms with Crippen LogP contribution in [0.5, 0.6) is 23.0 Å². The van der Waals surface area contributed by atoms with Crippen LogP contribution in [-0.2, 0) is 6.54 Å². The van der Waals surface area contributed by atoms with Crippen molar-refractivity contribution in [1.82, 2.24) is 4.90 Å². The molecule has 156 valence electrons. The molecule has 0 unspecified atom stereocenters. The number of nitrogens with zero attached hydrogens (tertiary/aromatic N) is 1. The molecule has 2 aromatic carbocycles. The molecule has 0 saturated heterocycles. The van der Waals surface area contributed by atoms with Crippen molar-refractivity contribution in [2.45, 2.75) is 33.2 Å². The Morgan fingerprint density at radius 1 is 1.10 bits per heavy atom. The van der Waals surface area contributed by atoms with Gasteiger partial charge in [0.2, 0.25) is 0 Å². The van der Waals surface area contributed by atoms with Crippen molar-refractivity contribution >= 4 is 5.91 Å². The van der Waals surface area contributed by atoms with Crippen molar-refractivity contribution in [3.05, 3.63) is 47.5 Å². The summed E-state index contributed by atoms with van der Waals surface area (Å²) in [5, 5.41) is 0. The number of rotatable bonds is 9. The molecule has 1 heterocycles. The molecule has 1 amide bonds. The minimum Gasteiger partial charge on any atom is -0.493 e. The van der Waals surface area contributed by atoms with E-state index in [1.165, 1.54) is 0 Å². The molecule has 2 aromatic rings. The second kappa shape index (κ2) is 10.0. The van der Waals surface area contributed by atoms with Gasteiger partial charge in [0.15, 0.2) is 23.0 Å². The van der Waals surface area contributed by atoms with Crippen LogP contribution < -0.4 is 18.9 Å². The third kappa shape index (κ3) is 4.94. The topological polar surface area (TPSA) is 57.2 Å². The van der Waals surface area contributed by atoms with E-state index < -0.39 is 0 Å². The lowest BCUT2D eigenvalue weighted by Crippen LogP contribution is -2.31. The molecule has 0 saturated carbocycles. The van der Waals surface area contributed by atoms with Gasteiger partial charge in [-0.3, -0.25) is 4.79 Å². The lowest BCUT2D eigenvalue weighted by atomic mass is 10.1. The van der Waals surface area contributed by atoms with Gasteiger partial charge in [-0.15, -0.1) is 0 Å². The molecule has 0 atom stereocenters. The quantitative estimate of drug-likeness (QED) is 0.588. The normalized spacial score (nSPS) is 12.4. The van der Waals surface area contributed by atoms with Crippen LogP contribution in [0.1, 0.15) is 42.6 Å². The van der Waals surface area contributed by atoms with Crippen molar-refractivity contribution in [1.29, 1.82) is 0 Å². The molecule has 0 radical (unpaired) electrons. The summed E-state index contributed by atoms with van der Waals surface area (Å²) >= 11 is 0.